The molecule has 0 aromatic carbocycles. The molecule has 0 rings (SSSR count). The fourth-order valence-corrected chi connectivity index (χ4v) is 0.980. The summed E-state index contributed by atoms with van der Waals surface area (Å²) in [6.45, 7) is 3.69. The van der Waals surface area contributed by atoms with Gasteiger partial charge in [-0.3, -0.25) is 4.79 Å². The highest BCUT2D eigenvalue weighted by atomic mass is 32.1. The van der Waals surface area contributed by atoms with Gasteiger partial charge in [0.2, 0.25) is 5.91 Å². The number of hydrogen-bond donors (Lipinski definition) is 2. The van der Waals surface area contributed by atoms with Crippen molar-refractivity contribution in [1.29, 1.82) is 0 Å². The highest BCUT2D eigenvalue weighted by Crippen LogP contribution is 1.91. The summed E-state index contributed by atoms with van der Waals surface area (Å²) in [6.07, 6.45) is 1.07. The molecule has 0 saturated heterocycles. The first-order chi connectivity index (χ1) is 5.06. The summed E-state index contributed by atoms with van der Waals surface area (Å²) in [5, 5.41) is 2.75. The van der Waals surface area contributed by atoms with E-state index in [0.29, 0.717) is 17.8 Å². The predicted octanol–water partition coefficient (Wildman–Crippen LogP) is 0.577. The Morgan fingerprint density at radius 2 is 2.27 bits per heavy atom. The molecule has 0 fully saturated rings. The Morgan fingerprint density at radius 1 is 1.73 bits per heavy atom. The van der Waals surface area contributed by atoms with Crippen molar-refractivity contribution in [3.8, 4) is 0 Å². The number of nitrogens with one attached hydrogen (secondary N) is 1. The first-order valence-corrected chi connectivity index (χ1v) is 4.04. The molecule has 1 unspecified atom stereocenters. The minimum atomic E-state index is 0.0359. The zero-order valence-electron chi connectivity index (χ0n) is 6.89. The highest BCUT2D eigenvalue weighted by molar-refractivity contribution is 7.80. The van der Waals surface area contributed by atoms with Crippen LogP contribution in [-0.2, 0) is 4.79 Å². The van der Waals surface area contributed by atoms with Crippen LogP contribution in [0.3, 0.4) is 0 Å². The van der Waals surface area contributed by atoms with E-state index in [1.54, 1.807) is 0 Å². The molecule has 0 aromatic heterocycles. The van der Waals surface area contributed by atoms with E-state index < -0.39 is 0 Å². The minimum Gasteiger partial charge on any atom is -0.393 e. The van der Waals surface area contributed by atoms with Crippen LogP contribution in [0, 0.1) is 0 Å². The van der Waals surface area contributed by atoms with Crippen LogP contribution in [0.5, 0.6) is 0 Å². The first-order valence-electron chi connectivity index (χ1n) is 3.64. The van der Waals surface area contributed by atoms with Gasteiger partial charge in [0.1, 0.15) is 0 Å². The van der Waals surface area contributed by atoms with E-state index in [1.807, 2.05) is 13.8 Å². The van der Waals surface area contributed by atoms with Crippen LogP contribution in [0.4, 0.5) is 0 Å². The molecule has 0 spiro atoms. The number of thiocarbonyl (C=S) groups is 1. The molecular weight excluding hydrogens is 160 g/mol. The monoisotopic (exact) mass is 174 g/mol. The third-order valence-corrected chi connectivity index (χ3v) is 1.40. The van der Waals surface area contributed by atoms with Gasteiger partial charge in [0.15, 0.2) is 0 Å². The number of nitrogens with two attached hydrogens (primary N) is 1. The lowest BCUT2D eigenvalue weighted by molar-refractivity contribution is -0.121. The van der Waals surface area contributed by atoms with E-state index in [2.05, 4.69) is 17.5 Å². The maximum Gasteiger partial charge on any atom is 0.219 e. The second kappa shape index (κ2) is 5.07. The smallest absolute Gasteiger partial charge is 0.219 e. The summed E-state index contributed by atoms with van der Waals surface area (Å²) >= 11 is 4.69. The van der Waals surface area contributed by atoms with Gasteiger partial charge in [-0.1, -0.05) is 19.1 Å². The molecule has 0 bridgehead atoms. The van der Waals surface area contributed by atoms with Crippen LogP contribution in [0.1, 0.15) is 26.7 Å². The van der Waals surface area contributed by atoms with Crippen LogP contribution in [0.25, 0.3) is 0 Å². The van der Waals surface area contributed by atoms with Crippen LogP contribution < -0.4 is 11.1 Å². The van der Waals surface area contributed by atoms with Crippen molar-refractivity contribution in [2.75, 3.05) is 0 Å². The third-order valence-electron chi connectivity index (χ3n) is 1.24. The molecule has 3 N–H and O–H groups in total. The average Bonchev–Trinajstić information content (AvgIpc) is 1.85. The summed E-state index contributed by atoms with van der Waals surface area (Å²) in [5.41, 5.74) is 5.29. The Kier molecular flexibility index (Phi) is 4.77. The SMILES string of the molecule is CCC(=O)NC(C)CC(N)=S. The number of carbonyl (C=O) groups excluding carboxylic acids is 1. The Balaban J connectivity index is 3.60. The number of carbonyl (C=O) groups is 1. The van der Waals surface area contributed by atoms with Gasteiger partial charge in [0.05, 0.1) is 4.99 Å². The van der Waals surface area contributed by atoms with Crippen LogP contribution in [0.15, 0.2) is 0 Å². The van der Waals surface area contributed by atoms with Gasteiger partial charge in [-0.05, 0) is 6.92 Å². The normalized spacial score (nSPS) is 12.2. The van der Waals surface area contributed by atoms with Crippen LogP contribution >= 0.6 is 12.2 Å². The summed E-state index contributed by atoms with van der Waals surface area (Å²) in [4.78, 5) is 11.2. The zero-order chi connectivity index (χ0) is 8.85. The molecule has 1 amide bonds. The predicted molar refractivity (Wildman–Crippen MR) is 49.3 cm³/mol. The lowest BCUT2D eigenvalue weighted by Crippen LogP contribution is -2.34. The Bertz CT molecular complexity index is 159. The second-order valence-corrected chi connectivity index (χ2v) is 3.02. The van der Waals surface area contributed by atoms with Gasteiger partial charge in [-0.2, -0.15) is 0 Å². The molecular formula is C7H14N2OS. The Hall–Kier alpha value is -0.640. The molecule has 0 saturated carbocycles. The van der Waals surface area contributed by atoms with Crippen molar-refractivity contribution in [2.24, 2.45) is 5.73 Å². The molecule has 0 aliphatic carbocycles. The van der Waals surface area contributed by atoms with Crippen molar-refractivity contribution in [1.82, 2.24) is 5.32 Å². The van der Waals surface area contributed by atoms with E-state index in [9.17, 15) is 4.79 Å². The lowest BCUT2D eigenvalue weighted by atomic mass is 10.2. The standard InChI is InChI=1S/C7H14N2OS/c1-3-7(10)9-5(2)4-6(8)11/h5H,3-4H2,1-2H3,(H2,8,11)(H,9,10). The van der Waals surface area contributed by atoms with Crippen molar-refractivity contribution in [3.05, 3.63) is 0 Å². The Morgan fingerprint density at radius 3 is 2.64 bits per heavy atom. The van der Waals surface area contributed by atoms with E-state index in [4.69, 9.17) is 5.73 Å². The number of hydrogen-bond acceptors (Lipinski definition) is 2. The first kappa shape index (κ1) is 10.4. The van der Waals surface area contributed by atoms with Gasteiger partial charge in [0, 0.05) is 18.9 Å². The van der Waals surface area contributed by atoms with Crippen molar-refractivity contribution in [2.45, 2.75) is 32.7 Å². The topological polar surface area (TPSA) is 55.1 Å². The van der Waals surface area contributed by atoms with Gasteiger partial charge < -0.3 is 11.1 Å². The van der Waals surface area contributed by atoms with E-state index in [0.717, 1.165) is 0 Å². The van der Waals surface area contributed by atoms with Crippen molar-refractivity contribution < 1.29 is 4.79 Å². The largest absolute Gasteiger partial charge is 0.393 e. The lowest BCUT2D eigenvalue weighted by Gasteiger charge is -2.11. The molecule has 0 aromatic rings. The molecule has 4 heteroatoms. The highest BCUT2D eigenvalue weighted by Gasteiger charge is 2.05. The van der Waals surface area contributed by atoms with Crippen molar-refractivity contribution in [3.63, 3.8) is 0 Å². The van der Waals surface area contributed by atoms with E-state index in [-0.39, 0.29) is 11.9 Å². The van der Waals surface area contributed by atoms with Gasteiger partial charge in [0.25, 0.3) is 0 Å². The fraction of sp³-hybridized carbons (Fsp3) is 0.714. The van der Waals surface area contributed by atoms with Gasteiger partial charge in [-0.15, -0.1) is 0 Å². The maximum atomic E-state index is 10.8. The summed E-state index contributed by atoms with van der Waals surface area (Å²) in [6, 6.07) is 0.0555. The van der Waals surface area contributed by atoms with E-state index >= 15 is 0 Å². The molecule has 1 atom stereocenters. The summed E-state index contributed by atoms with van der Waals surface area (Å²) < 4.78 is 0. The third kappa shape index (κ3) is 5.79. The van der Waals surface area contributed by atoms with Crippen LogP contribution in [0.2, 0.25) is 0 Å². The summed E-state index contributed by atoms with van der Waals surface area (Å²) in [7, 11) is 0. The van der Waals surface area contributed by atoms with Crippen LogP contribution in [-0.4, -0.2) is 16.9 Å². The van der Waals surface area contributed by atoms with Gasteiger partial charge >= 0.3 is 0 Å². The second-order valence-electron chi connectivity index (χ2n) is 2.49. The molecule has 11 heavy (non-hydrogen) atoms. The molecule has 0 radical (unpaired) electrons. The van der Waals surface area contributed by atoms with E-state index in [1.165, 1.54) is 0 Å². The molecule has 3 nitrogen and oxygen atoms in total. The van der Waals surface area contributed by atoms with Crippen molar-refractivity contribution >= 4 is 23.1 Å². The zero-order valence-corrected chi connectivity index (χ0v) is 7.70. The fourth-order valence-electron chi connectivity index (χ4n) is 0.730. The molecule has 0 aliphatic heterocycles. The summed E-state index contributed by atoms with van der Waals surface area (Å²) in [5.74, 6) is 0.0359. The Labute approximate surface area is 72.3 Å². The average molecular weight is 174 g/mol. The number of rotatable bonds is 4. The minimum absolute atomic E-state index is 0.0359. The number of amides is 1. The molecule has 0 aliphatic rings. The van der Waals surface area contributed by atoms with Gasteiger partial charge in [-0.25, -0.2) is 0 Å². The quantitative estimate of drug-likeness (QED) is 0.613. The maximum absolute atomic E-state index is 10.8. The molecule has 64 valence electrons. The molecule has 0 heterocycles.